The molecule has 1 aromatic rings. The molecule has 0 aromatic heterocycles. The highest BCUT2D eigenvalue weighted by Crippen LogP contribution is 2.33. The second-order valence-corrected chi connectivity index (χ2v) is 5.11. The summed E-state index contributed by atoms with van der Waals surface area (Å²) >= 11 is 0. The van der Waals surface area contributed by atoms with Crippen molar-refractivity contribution in [3.05, 3.63) is 23.8 Å². The van der Waals surface area contributed by atoms with Gasteiger partial charge in [-0.2, -0.15) is 0 Å². The second-order valence-electron chi connectivity index (χ2n) is 5.11. The maximum atomic E-state index is 11.1. The number of rotatable bonds is 6. The van der Waals surface area contributed by atoms with Crippen LogP contribution in [0.15, 0.2) is 18.2 Å². The van der Waals surface area contributed by atoms with E-state index < -0.39 is 12.0 Å². The van der Waals surface area contributed by atoms with Crippen molar-refractivity contribution in [1.82, 2.24) is 5.32 Å². The van der Waals surface area contributed by atoms with Crippen molar-refractivity contribution in [2.75, 3.05) is 13.2 Å². The first-order chi connectivity index (χ1) is 10.2. The first kappa shape index (κ1) is 15.6. The summed E-state index contributed by atoms with van der Waals surface area (Å²) in [5.74, 6) is 0.667. The van der Waals surface area contributed by atoms with Crippen LogP contribution in [0.5, 0.6) is 11.5 Å². The molecule has 1 saturated heterocycles. The number of hydrogen-bond acceptors (Lipinski definition) is 4. The van der Waals surface area contributed by atoms with E-state index in [0.717, 1.165) is 29.9 Å². The Labute approximate surface area is 125 Å². The number of benzene rings is 1. The molecule has 1 aliphatic rings. The molecule has 0 bridgehead atoms. The standard InChI is InChI=1S/C16H23NO4/c1-3-20-14-9-8-11(10-15(14)21-4-2)12-6-5-7-13(17-12)16(18)19/h8-10,12-13,17H,3-7H2,1-2H3,(H,18,19). The van der Waals surface area contributed by atoms with Gasteiger partial charge in [-0.05, 0) is 50.8 Å². The lowest BCUT2D eigenvalue weighted by molar-refractivity contribution is -0.140. The monoisotopic (exact) mass is 293 g/mol. The van der Waals surface area contributed by atoms with Crippen molar-refractivity contribution in [3.63, 3.8) is 0 Å². The Kier molecular flexibility index (Phi) is 5.44. The van der Waals surface area contributed by atoms with Gasteiger partial charge >= 0.3 is 5.97 Å². The van der Waals surface area contributed by atoms with Crippen molar-refractivity contribution < 1.29 is 19.4 Å². The van der Waals surface area contributed by atoms with Crippen LogP contribution in [0.4, 0.5) is 0 Å². The van der Waals surface area contributed by atoms with Gasteiger partial charge in [0, 0.05) is 6.04 Å². The number of piperidine rings is 1. The lowest BCUT2D eigenvalue weighted by atomic mass is 9.93. The van der Waals surface area contributed by atoms with Crippen LogP contribution in [0.25, 0.3) is 0 Å². The average molecular weight is 293 g/mol. The average Bonchev–Trinajstić information content (AvgIpc) is 2.49. The molecule has 2 rings (SSSR count). The topological polar surface area (TPSA) is 67.8 Å². The SMILES string of the molecule is CCOc1ccc(C2CCCC(C(=O)O)N2)cc1OCC. The quantitative estimate of drug-likeness (QED) is 0.844. The van der Waals surface area contributed by atoms with Crippen molar-refractivity contribution in [2.24, 2.45) is 0 Å². The minimum atomic E-state index is -0.782. The lowest BCUT2D eigenvalue weighted by Gasteiger charge is -2.29. The van der Waals surface area contributed by atoms with Crippen LogP contribution in [0, 0.1) is 0 Å². The molecule has 0 saturated carbocycles. The molecule has 1 aromatic carbocycles. The van der Waals surface area contributed by atoms with Gasteiger partial charge in [-0.3, -0.25) is 10.1 Å². The molecule has 1 fully saturated rings. The van der Waals surface area contributed by atoms with Gasteiger partial charge < -0.3 is 14.6 Å². The predicted molar refractivity (Wildman–Crippen MR) is 79.9 cm³/mol. The number of carbonyl (C=O) groups is 1. The lowest BCUT2D eigenvalue weighted by Crippen LogP contribution is -2.42. The fourth-order valence-corrected chi connectivity index (χ4v) is 2.68. The van der Waals surface area contributed by atoms with Crippen molar-refractivity contribution >= 4 is 5.97 Å². The summed E-state index contributed by atoms with van der Waals surface area (Å²) in [5, 5.41) is 12.3. The fourth-order valence-electron chi connectivity index (χ4n) is 2.68. The summed E-state index contributed by atoms with van der Waals surface area (Å²) < 4.78 is 11.2. The Hall–Kier alpha value is -1.75. The number of ether oxygens (including phenoxy) is 2. The Balaban J connectivity index is 2.18. The van der Waals surface area contributed by atoms with Crippen molar-refractivity contribution in [3.8, 4) is 11.5 Å². The minimum absolute atomic E-state index is 0.0507. The second kappa shape index (κ2) is 7.31. The normalized spacial score (nSPS) is 21.8. The molecular formula is C16H23NO4. The Morgan fingerprint density at radius 3 is 2.62 bits per heavy atom. The molecule has 0 radical (unpaired) electrons. The van der Waals surface area contributed by atoms with E-state index >= 15 is 0 Å². The highest BCUT2D eigenvalue weighted by atomic mass is 16.5. The van der Waals surface area contributed by atoms with Crippen LogP contribution in [0.2, 0.25) is 0 Å². The summed E-state index contributed by atoms with van der Waals surface area (Å²) in [6, 6.07) is 5.42. The van der Waals surface area contributed by atoms with Crippen molar-refractivity contribution in [1.29, 1.82) is 0 Å². The van der Waals surface area contributed by atoms with E-state index in [0.29, 0.717) is 19.6 Å². The summed E-state index contributed by atoms with van der Waals surface area (Å²) in [5.41, 5.74) is 1.05. The molecule has 0 spiro atoms. The predicted octanol–water partition coefficient (Wildman–Crippen LogP) is 2.75. The van der Waals surface area contributed by atoms with E-state index in [1.807, 2.05) is 32.0 Å². The summed E-state index contributed by atoms with van der Waals surface area (Å²) in [6.45, 7) is 5.02. The molecule has 0 amide bonds. The molecule has 116 valence electrons. The van der Waals surface area contributed by atoms with E-state index in [4.69, 9.17) is 14.6 Å². The number of nitrogens with one attached hydrogen (secondary N) is 1. The third-order valence-electron chi connectivity index (χ3n) is 3.66. The van der Waals surface area contributed by atoms with Gasteiger partial charge in [0.1, 0.15) is 6.04 Å². The first-order valence-electron chi connectivity index (χ1n) is 7.54. The van der Waals surface area contributed by atoms with E-state index in [-0.39, 0.29) is 6.04 Å². The summed E-state index contributed by atoms with van der Waals surface area (Å²) in [6.07, 6.45) is 2.52. The number of carboxylic acid groups (broad SMARTS) is 1. The highest BCUT2D eigenvalue weighted by molar-refractivity contribution is 5.73. The minimum Gasteiger partial charge on any atom is -0.490 e. The molecule has 5 nitrogen and oxygen atoms in total. The van der Waals surface area contributed by atoms with Crippen LogP contribution in [-0.4, -0.2) is 30.3 Å². The van der Waals surface area contributed by atoms with Crippen LogP contribution >= 0.6 is 0 Å². The summed E-state index contributed by atoms with van der Waals surface area (Å²) in [7, 11) is 0. The van der Waals surface area contributed by atoms with Gasteiger partial charge in [-0.15, -0.1) is 0 Å². The maximum absolute atomic E-state index is 11.1. The van der Waals surface area contributed by atoms with E-state index in [9.17, 15) is 4.79 Å². The van der Waals surface area contributed by atoms with Gasteiger partial charge in [-0.1, -0.05) is 6.07 Å². The molecule has 2 atom stereocenters. The van der Waals surface area contributed by atoms with Gasteiger partial charge in [0.25, 0.3) is 0 Å². The molecule has 5 heteroatoms. The van der Waals surface area contributed by atoms with Gasteiger partial charge in [0.15, 0.2) is 11.5 Å². The zero-order chi connectivity index (χ0) is 15.2. The summed E-state index contributed by atoms with van der Waals surface area (Å²) in [4.78, 5) is 11.1. The van der Waals surface area contributed by atoms with Crippen LogP contribution in [0.3, 0.4) is 0 Å². The molecule has 21 heavy (non-hydrogen) atoms. The Morgan fingerprint density at radius 1 is 1.24 bits per heavy atom. The zero-order valence-electron chi connectivity index (χ0n) is 12.6. The van der Waals surface area contributed by atoms with E-state index in [2.05, 4.69) is 5.32 Å². The molecular weight excluding hydrogens is 270 g/mol. The van der Waals surface area contributed by atoms with Gasteiger partial charge in [0.2, 0.25) is 0 Å². The molecule has 0 aliphatic carbocycles. The van der Waals surface area contributed by atoms with Crippen LogP contribution < -0.4 is 14.8 Å². The van der Waals surface area contributed by atoms with Gasteiger partial charge in [0.05, 0.1) is 13.2 Å². The third-order valence-corrected chi connectivity index (χ3v) is 3.66. The third kappa shape index (κ3) is 3.88. The zero-order valence-corrected chi connectivity index (χ0v) is 12.6. The first-order valence-corrected chi connectivity index (χ1v) is 7.54. The number of carboxylic acids is 1. The highest BCUT2D eigenvalue weighted by Gasteiger charge is 2.27. The smallest absolute Gasteiger partial charge is 0.320 e. The van der Waals surface area contributed by atoms with E-state index in [1.165, 1.54) is 0 Å². The van der Waals surface area contributed by atoms with Gasteiger partial charge in [-0.25, -0.2) is 0 Å². The molecule has 1 heterocycles. The Morgan fingerprint density at radius 2 is 1.95 bits per heavy atom. The number of hydrogen-bond donors (Lipinski definition) is 2. The molecule has 2 N–H and O–H groups in total. The molecule has 1 aliphatic heterocycles. The molecule has 2 unspecified atom stereocenters. The number of aliphatic carboxylic acids is 1. The van der Waals surface area contributed by atoms with Crippen molar-refractivity contribution in [2.45, 2.75) is 45.2 Å². The Bertz CT molecular complexity index is 489. The van der Waals surface area contributed by atoms with Crippen LogP contribution in [0.1, 0.15) is 44.7 Å². The van der Waals surface area contributed by atoms with E-state index in [1.54, 1.807) is 0 Å². The van der Waals surface area contributed by atoms with Crippen LogP contribution in [-0.2, 0) is 4.79 Å². The fraction of sp³-hybridized carbons (Fsp3) is 0.562. The maximum Gasteiger partial charge on any atom is 0.320 e. The largest absolute Gasteiger partial charge is 0.490 e.